The number of likely N-dealkylation sites (tertiary alicyclic amines) is 1. The molecule has 0 amide bonds. The largest absolute Gasteiger partial charge is 0.381 e. The summed E-state index contributed by atoms with van der Waals surface area (Å²) in [6.45, 7) is 12.2. The number of aromatic amines is 1. The SMILES string of the molecule is CCOC[C@]1(CCc2cc[nH]c(=O)c2)CCN(C(C)(C)c2ccc(C)nc2)C1.Cl. The van der Waals surface area contributed by atoms with Crippen LogP contribution < -0.4 is 5.56 Å². The molecular formula is C23H34ClN3O2. The van der Waals surface area contributed by atoms with Crippen LogP contribution in [-0.4, -0.2) is 41.2 Å². The average molecular weight is 420 g/mol. The average Bonchev–Trinajstić information content (AvgIpc) is 3.11. The summed E-state index contributed by atoms with van der Waals surface area (Å²) in [5.41, 5.74) is 3.41. The quantitative estimate of drug-likeness (QED) is 0.699. The molecule has 1 aliphatic rings. The molecule has 29 heavy (non-hydrogen) atoms. The van der Waals surface area contributed by atoms with Gasteiger partial charge in [-0.05, 0) is 76.8 Å². The molecule has 0 bridgehead atoms. The predicted molar refractivity (Wildman–Crippen MR) is 120 cm³/mol. The van der Waals surface area contributed by atoms with Gasteiger partial charge in [-0.2, -0.15) is 0 Å². The second kappa shape index (κ2) is 9.88. The fourth-order valence-corrected chi connectivity index (χ4v) is 4.19. The van der Waals surface area contributed by atoms with Crippen LogP contribution in [-0.2, 0) is 16.7 Å². The van der Waals surface area contributed by atoms with E-state index in [2.05, 4.69) is 47.8 Å². The van der Waals surface area contributed by atoms with Crippen LogP contribution in [0, 0.1) is 12.3 Å². The molecule has 1 atom stereocenters. The van der Waals surface area contributed by atoms with Gasteiger partial charge in [-0.3, -0.25) is 14.7 Å². The lowest BCUT2D eigenvalue weighted by atomic mass is 9.81. The van der Waals surface area contributed by atoms with E-state index in [1.807, 2.05) is 19.2 Å². The monoisotopic (exact) mass is 419 g/mol. The number of pyridine rings is 2. The molecule has 1 aliphatic heterocycles. The summed E-state index contributed by atoms with van der Waals surface area (Å²) in [5, 5.41) is 0. The fourth-order valence-electron chi connectivity index (χ4n) is 4.19. The third-order valence-electron chi connectivity index (χ3n) is 6.24. The highest BCUT2D eigenvalue weighted by atomic mass is 35.5. The first-order chi connectivity index (χ1) is 13.3. The van der Waals surface area contributed by atoms with E-state index in [1.165, 1.54) is 5.56 Å². The highest BCUT2D eigenvalue weighted by Crippen LogP contribution is 2.41. The Hall–Kier alpha value is -1.69. The van der Waals surface area contributed by atoms with E-state index in [9.17, 15) is 4.79 Å². The highest BCUT2D eigenvalue weighted by Gasteiger charge is 2.43. The van der Waals surface area contributed by atoms with Gasteiger partial charge in [0, 0.05) is 48.3 Å². The fraction of sp³-hybridized carbons (Fsp3) is 0.565. The van der Waals surface area contributed by atoms with Crippen LogP contribution in [0.1, 0.15) is 50.4 Å². The second-order valence-electron chi connectivity index (χ2n) is 8.62. The number of aryl methyl sites for hydroxylation is 2. The number of ether oxygens (including phenoxy) is 1. The minimum atomic E-state index is -0.0709. The Bertz CT molecular complexity index is 835. The van der Waals surface area contributed by atoms with Gasteiger partial charge in [0.15, 0.2) is 0 Å². The molecule has 0 unspecified atom stereocenters. The molecule has 3 rings (SSSR count). The number of hydrogen-bond acceptors (Lipinski definition) is 4. The first-order valence-corrected chi connectivity index (χ1v) is 10.3. The van der Waals surface area contributed by atoms with Crippen LogP contribution in [0.15, 0.2) is 41.5 Å². The van der Waals surface area contributed by atoms with Gasteiger partial charge < -0.3 is 9.72 Å². The van der Waals surface area contributed by atoms with Crippen LogP contribution in [0.3, 0.4) is 0 Å². The van der Waals surface area contributed by atoms with E-state index in [-0.39, 0.29) is 28.9 Å². The number of hydrogen-bond donors (Lipinski definition) is 1. The van der Waals surface area contributed by atoms with Gasteiger partial charge in [0.05, 0.1) is 6.61 Å². The van der Waals surface area contributed by atoms with Crippen LogP contribution in [0.5, 0.6) is 0 Å². The molecule has 0 radical (unpaired) electrons. The minimum absolute atomic E-state index is 0. The third kappa shape index (κ3) is 5.68. The van der Waals surface area contributed by atoms with Crippen molar-refractivity contribution in [2.24, 2.45) is 5.41 Å². The van der Waals surface area contributed by atoms with Crippen molar-refractivity contribution in [2.75, 3.05) is 26.3 Å². The van der Waals surface area contributed by atoms with Crippen molar-refractivity contribution in [3.8, 4) is 0 Å². The Balaban J connectivity index is 0.00000300. The van der Waals surface area contributed by atoms with E-state index in [1.54, 1.807) is 12.3 Å². The Labute approximate surface area is 180 Å². The number of H-pyrrole nitrogens is 1. The summed E-state index contributed by atoms with van der Waals surface area (Å²) in [4.78, 5) is 21.4. The van der Waals surface area contributed by atoms with Crippen LogP contribution in [0.25, 0.3) is 0 Å². The highest BCUT2D eigenvalue weighted by molar-refractivity contribution is 5.85. The Morgan fingerprint density at radius 1 is 1.31 bits per heavy atom. The summed E-state index contributed by atoms with van der Waals surface area (Å²) < 4.78 is 5.91. The molecule has 6 heteroatoms. The zero-order valence-electron chi connectivity index (χ0n) is 18.0. The smallest absolute Gasteiger partial charge is 0.248 e. The van der Waals surface area contributed by atoms with Crippen molar-refractivity contribution < 1.29 is 4.74 Å². The third-order valence-corrected chi connectivity index (χ3v) is 6.24. The van der Waals surface area contributed by atoms with Crippen molar-refractivity contribution in [3.63, 3.8) is 0 Å². The number of nitrogens with one attached hydrogen (secondary N) is 1. The topological polar surface area (TPSA) is 58.2 Å². The van der Waals surface area contributed by atoms with E-state index < -0.39 is 0 Å². The zero-order valence-corrected chi connectivity index (χ0v) is 18.8. The predicted octanol–water partition coefficient (Wildman–Crippen LogP) is 4.10. The summed E-state index contributed by atoms with van der Waals surface area (Å²) in [6, 6.07) is 8.00. The summed E-state index contributed by atoms with van der Waals surface area (Å²) in [5.74, 6) is 0. The van der Waals surface area contributed by atoms with Gasteiger partial charge in [-0.15, -0.1) is 12.4 Å². The lowest BCUT2D eigenvalue weighted by Crippen LogP contribution is -2.42. The molecular weight excluding hydrogens is 386 g/mol. The van der Waals surface area contributed by atoms with Crippen LogP contribution in [0.4, 0.5) is 0 Å². The van der Waals surface area contributed by atoms with Gasteiger partial charge in [-0.1, -0.05) is 6.07 Å². The molecule has 0 saturated carbocycles. The maximum absolute atomic E-state index is 11.6. The molecule has 2 aromatic heterocycles. The minimum Gasteiger partial charge on any atom is -0.381 e. The Morgan fingerprint density at radius 3 is 2.76 bits per heavy atom. The van der Waals surface area contributed by atoms with E-state index in [4.69, 9.17) is 4.74 Å². The molecule has 1 fully saturated rings. The Kier molecular flexibility index (Phi) is 8.03. The van der Waals surface area contributed by atoms with Gasteiger partial charge in [0.25, 0.3) is 0 Å². The summed E-state index contributed by atoms with van der Waals surface area (Å²) in [6.07, 6.45) is 6.78. The van der Waals surface area contributed by atoms with Gasteiger partial charge in [0.1, 0.15) is 0 Å². The first-order valence-electron chi connectivity index (χ1n) is 10.3. The number of rotatable bonds is 8. The number of aromatic nitrogens is 2. The maximum atomic E-state index is 11.6. The number of halogens is 1. The molecule has 5 nitrogen and oxygen atoms in total. The van der Waals surface area contributed by atoms with Crippen molar-refractivity contribution in [1.82, 2.24) is 14.9 Å². The van der Waals surface area contributed by atoms with Gasteiger partial charge in [0.2, 0.25) is 5.56 Å². The van der Waals surface area contributed by atoms with Crippen molar-refractivity contribution in [1.29, 1.82) is 0 Å². The first kappa shape index (κ1) is 23.6. The molecule has 2 aromatic rings. The second-order valence-corrected chi connectivity index (χ2v) is 8.62. The van der Waals surface area contributed by atoms with E-state index in [0.29, 0.717) is 0 Å². The molecule has 160 valence electrons. The normalized spacial score (nSPS) is 19.9. The lowest BCUT2D eigenvalue weighted by molar-refractivity contribution is 0.0385. The summed E-state index contributed by atoms with van der Waals surface area (Å²) in [7, 11) is 0. The zero-order chi connectivity index (χ0) is 20.2. The van der Waals surface area contributed by atoms with Crippen LogP contribution in [0.2, 0.25) is 0 Å². The molecule has 3 heterocycles. The molecule has 1 saturated heterocycles. The van der Waals surface area contributed by atoms with E-state index >= 15 is 0 Å². The van der Waals surface area contributed by atoms with Gasteiger partial charge in [-0.25, -0.2) is 0 Å². The molecule has 1 N–H and O–H groups in total. The lowest BCUT2D eigenvalue weighted by Gasteiger charge is -2.38. The van der Waals surface area contributed by atoms with Crippen LogP contribution >= 0.6 is 12.4 Å². The van der Waals surface area contributed by atoms with E-state index in [0.717, 1.165) is 56.8 Å². The van der Waals surface area contributed by atoms with Gasteiger partial charge >= 0.3 is 0 Å². The maximum Gasteiger partial charge on any atom is 0.248 e. The Morgan fingerprint density at radius 2 is 2.10 bits per heavy atom. The van der Waals surface area contributed by atoms with Crippen molar-refractivity contribution in [2.45, 2.75) is 52.5 Å². The van der Waals surface area contributed by atoms with Crippen molar-refractivity contribution >= 4 is 12.4 Å². The van der Waals surface area contributed by atoms with Crippen molar-refractivity contribution in [3.05, 3.63) is 63.8 Å². The number of nitrogens with zero attached hydrogens (tertiary/aromatic N) is 2. The molecule has 0 aromatic carbocycles. The molecule has 0 spiro atoms. The summed E-state index contributed by atoms with van der Waals surface area (Å²) >= 11 is 0. The standard InChI is InChI=1S/C23H33N3O2.ClH/c1-5-28-17-23(10-8-19-9-12-24-21(27)14-19)11-13-26(16-23)22(3,4)20-7-6-18(2)25-15-20;/h6-7,9,12,14-15H,5,8,10-11,13,16-17H2,1-4H3,(H,24,27);1H/t23-;/m1./s1. The molecule has 0 aliphatic carbocycles.